The van der Waals surface area contributed by atoms with Crippen molar-refractivity contribution in [3.63, 3.8) is 0 Å². The summed E-state index contributed by atoms with van der Waals surface area (Å²) in [5.41, 5.74) is 6.69. The lowest BCUT2D eigenvalue weighted by atomic mass is 9.96. The molecule has 2 rings (SSSR count). The fourth-order valence-corrected chi connectivity index (χ4v) is 2.46. The molecule has 0 bridgehead atoms. The second-order valence-electron chi connectivity index (χ2n) is 4.99. The Kier molecular flexibility index (Phi) is 5.49. The van der Waals surface area contributed by atoms with Gasteiger partial charge in [-0.05, 0) is 30.5 Å². The lowest BCUT2D eigenvalue weighted by molar-refractivity contribution is 0.289. The van der Waals surface area contributed by atoms with Crippen molar-refractivity contribution in [1.82, 2.24) is 5.32 Å². The molecule has 0 atom stereocenters. The highest BCUT2D eigenvalue weighted by atomic mass is 16.5. The van der Waals surface area contributed by atoms with Gasteiger partial charge >= 0.3 is 0 Å². The average Bonchev–Trinajstić information content (AvgIpc) is 2.45. The standard InChI is InChI=1S/C15H24N2O/c16-12-13-6-8-15(9-7-13)18-11-10-17-14-4-2-1-3-5-14/h6-9,14,17H,1-5,10-12,16H2. The van der Waals surface area contributed by atoms with Crippen LogP contribution in [-0.4, -0.2) is 19.2 Å². The van der Waals surface area contributed by atoms with Gasteiger partial charge in [-0.1, -0.05) is 31.4 Å². The highest BCUT2D eigenvalue weighted by Gasteiger charge is 2.11. The predicted octanol–water partition coefficient (Wildman–Crippen LogP) is 2.45. The largest absolute Gasteiger partial charge is 0.492 e. The summed E-state index contributed by atoms with van der Waals surface area (Å²) < 4.78 is 5.69. The Hall–Kier alpha value is -1.06. The molecule has 18 heavy (non-hydrogen) atoms. The van der Waals surface area contributed by atoms with Crippen LogP contribution in [0.4, 0.5) is 0 Å². The predicted molar refractivity (Wildman–Crippen MR) is 74.7 cm³/mol. The minimum absolute atomic E-state index is 0.587. The van der Waals surface area contributed by atoms with Crippen LogP contribution in [0.3, 0.4) is 0 Å². The third-order valence-corrected chi connectivity index (χ3v) is 3.57. The highest BCUT2D eigenvalue weighted by molar-refractivity contribution is 5.27. The number of hydrogen-bond acceptors (Lipinski definition) is 3. The zero-order valence-electron chi connectivity index (χ0n) is 11.0. The second kappa shape index (κ2) is 7.39. The summed E-state index contributed by atoms with van der Waals surface area (Å²) in [7, 11) is 0. The third-order valence-electron chi connectivity index (χ3n) is 3.57. The van der Waals surface area contributed by atoms with Gasteiger partial charge in [0, 0.05) is 19.1 Å². The smallest absolute Gasteiger partial charge is 0.119 e. The molecule has 0 radical (unpaired) electrons. The van der Waals surface area contributed by atoms with Crippen LogP contribution < -0.4 is 15.8 Å². The Morgan fingerprint density at radius 2 is 1.83 bits per heavy atom. The van der Waals surface area contributed by atoms with Crippen molar-refractivity contribution in [2.45, 2.75) is 44.7 Å². The number of hydrogen-bond donors (Lipinski definition) is 2. The summed E-state index contributed by atoms with van der Waals surface area (Å²) in [6.07, 6.45) is 6.80. The summed E-state index contributed by atoms with van der Waals surface area (Å²) in [4.78, 5) is 0. The Morgan fingerprint density at radius 1 is 1.11 bits per heavy atom. The molecular formula is C15H24N2O. The summed E-state index contributed by atoms with van der Waals surface area (Å²) >= 11 is 0. The van der Waals surface area contributed by atoms with E-state index in [1.54, 1.807) is 0 Å². The quantitative estimate of drug-likeness (QED) is 0.760. The first-order valence-corrected chi connectivity index (χ1v) is 7.03. The molecule has 1 aromatic carbocycles. The molecule has 0 heterocycles. The van der Waals surface area contributed by atoms with E-state index in [2.05, 4.69) is 5.32 Å². The SMILES string of the molecule is NCc1ccc(OCCNC2CCCCC2)cc1. The molecule has 1 saturated carbocycles. The van der Waals surface area contributed by atoms with Crippen molar-refractivity contribution in [1.29, 1.82) is 0 Å². The zero-order valence-corrected chi connectivity index (χ0v) is 11.0. The van der Waals surface area contributed by atoms with E-state index in [1.165, 1.54) is 32.1 Å². The maximum absolute atomic E-state index is 5.69. The monoisotopic (exact) mass is 248 g/mol. The van der Waals surface area contributed by atoms with Crippen molar-refractivity contribution in [3.8, 4) is 5.75 Å². The van der Waals surface area contributed by atoms with Crippen LogP contribution in [0.15, 0.2) is 24.3 Å². The van der Waals surface area contributed by atoms with Gasteiger partial charge in [0.15, 0.2) is 0 Å². The molecule has 3 heteroatoms. The van der Waals surface area contributed by atoms with E-state index >= 15 is 0 Å². The summed E-state index contributed by atoms with van der Waals surface area (Å²) in [6.45, 7) is 2.26. The van der Waals surface area contributed by atoms with Crippen LogP contribution in [-0.2, 0) is 6.54 Å². The van der Waals surface area contributed by atoms with Gasteiger partial charge < -0.3 is 15.8 Å². The van der Waals surface area contributed by atoms with Gasteiger partial charge in [0.05, 0.1) is 0 Å². The first-order valence-electron chi connectivity index (χ1n) is 7.03. The maximum atomic E-state index is 5.69. The molecule has 100 valence electrons. The minimum Gasteiger partial charge on any atom is -0.492 e. The van der Waals surface area contributed by atoms with E-state index < -0.39 is 0 Å². The van der Waals surface area contributed by atoms with Gasteiger partial charge in [-0.25, -0.2) is 0 Å². The highest BCUT2D eigenvalue weighted by Crippen LogP contribution is 2.17. The van der Waals surface area contributed by atoms with E-state index in [1.807, 2.05) is 24.3 Å². The molecule has 1 aromatic rings. The number of rotatable bonds is 6. The van der Waals surface area contributed by atoms with Gasteiger partial charge in [0.25, 0.3) is 0 Å². The van der Waals surface area contributed by atoms with Crippen LogP contribution in [0.1, 0.15) is 37.7 Å². The van der Waals surface area contributed by atoms with E-state index in [9.17, 15) is 0 Å². The number of nitrogens with one attached hydrogen (secondary N) is 1. The zero-order chi connectivity index (χ0) is 12.6. The molecule has 0 saturated heterocycles. The molecule has 1 aliphatic rings. The molecule has 3 N–H and O–H groups in total. The van der Waals surface area contributed by atoms with Crippen molar-refractivity contribution in [2.24, 2.45) is 5.73 Å². The Bertz CT molecular complexity index is 331. The van der Waals surface area contributed by atoms with E-state index in [0.29, 0.717) is 12.6 Å². The fourth-order valence-electron chi connectivity index (χ4n) is 2.46. The topological polar surface area (TPSA) is 47.3 Å². The van der Waals surface area contributed by atoms with Crippen LogP contribution in [0, 0.1) is 0 Å². The second-order valence-corrected chi connectivity index (χ2v) is 4.99. The minimum atomic E-state index is 0.587. The van der Waals surface area contributed by atoms with E-state index in [0.717, 1.165) is 24.5 Å². The Balaban J connectivity index is 1.62. The average molecular weight is 248 g/mol. The summed E-state index contributed by atoms with van der Waals surface area (Å²) in [5.74, 6) is 0.928. The van der Waals surface area contributed by atoms with Crippen LogP contribution in [0.2, 0.25) is 0 Å². The molecular weight excluding hydrogens is 224 g/mol. The number of benzene rings is 1. The lowest BCUT2D eigenvalue weighted by Crippen LogP contribution is -2.34. The van der Waals surface area contributed by atoms with Gasteiger partial charge in [-0.3, -0.25) is 0 Å². The number of ether oxygens (including phenoxy) is 1. The van der Waals surface area contributed by atoms with E-state index in [-0.39, 0.29) is 0 Å². The molecule has 0 aromatic heterocycles. The van der Waals surface area contributed by atoms with Crippen molar-refractivity contribution in [2.75, 3.05) is 13.2 Å². The summed E-state index contributed by atoms with van der Waals surface area (Å²) in [6, 6.07) is 8.72. The van der Waals surface area contributed by atoms with Crippen molar-refractivity contribution in [3.05, 3.63) is 29.8 Å². The first kappa shape index (κ1) is 13.4. The van der Waals surface area contributed by atoms with E-state index in [4.69, 9.17) is 10.5 Å². The number of nitrogens with two attached hydrogens (primary N) is 1. The van der Waals surface area contributed by atoms with Crippen molar-refractivity contribution < 1.29 is 4.74 Å². The fraction of sp³-hybridized carbons (Fsp3) is 0.600. The van der Waals surface area contributed by atoms with Crippen LogP contribution in [0.25, 0.3) is 0 Å². The normalized spacial score (nSPS) is 16.7. The first-order chi connectivity index (χ1) is 8.88. The molecule has 1 aliphatic carbocycles. The van der Waals surface area contributed by atoms with Gasteiger partial charge in [0.1, 0.15) is 12.4 Å². The molecule has 0 spiro atoms. The van der Waals surface area contributed by atoms with Crippen LogP contribution in [0.5, 0.6) is 5.75 Å². The molecule has 3 nitrogen and oxygen atoms in total. The molecule has 0 amide bonds. The molecule has 0 aliphatic heterocycles. The van der Waals surface area contributed by atoms with Crippen molar-refractivity contribution >= 4 is 0 Å². The maximum Gasteiger partial charge on any atom is 0.119 e. The van der Waals surface area contributed by atoms with Crippen LogP contribution >= 0.6 is 0 Å². The lowest BCUT2D eigenvalue weighted by Gasteiger charge is -2.22. The Morgan fingerprint density at radius 3 is 2.50 bits per heavy atom. The Labute approximate surface area is 110 Å². The van der Waals surface area contributed by atoms with Gasteiger partial charge in [0.2, 0.25) is 0 Å². The molecule has 0 unspecified atom stereocenters. The van der Waals surface area contributed by atoms with Gasteiger partial charge in [-0.2, -0.15) is 0 Å². The summed E-state index contributed by atoms with van der Waals surface area (Å²) in [5, 5.41) is 3.57. The van der Waals surface area contributed by atoms with Gasteiger partial charge in [-0.15, -0.1) is 0 Å². The third kappa shape index (κ3) is 4.31. The molecule has 1 fully saturated rings.